The molecule has 0 unspecified atom stereocenters. The molecule has 6 heteroatoms. The van der Waals surface area contributed by atoms with Crippen molar-refractivity contribution < 1.29 is 17.9 Å². The van der Waals surface area contributed by atoms with E-state index in [9.17, 15) is 13.2 Å². The van der Waals surface area contributed by atoms with Crippen LogP contribution in [0.2, 0.25) is 0 Å². The van der Waals surface area contributed by atoms with E-state index in [0.29, 0.717) is 18.9 Å². The van der Waals surface area contributed by atoms with Gasteiger partial charge in [-0.15, -0.1) is 0 Å². The zero-order valence-corrected chi connectivity index (χ0v) is 10.1. The standard InChI is InChI=1S/C13H13F3N2O/c14-13(15,16)12-7-11(2-1-9(12)8-17)18-10-3-5-19-6-4-10/h1-2,7,10,18H,3-6H2. The van der Waals surface area contributed by atoms with Crippen LogP contribution in [0.3, 0.4) is 0 Å². The minimum Gasteiger partial charge on any atom is -0.382 e. The molecule has 0 bridgehead atoms. The first-order valence-electron chi connectivity index (χ1n) is 5.96. The highest BCUT2D eigenvalue weighted by molar-refractivity contribution is 5.53. The van der Waals surface area contributed by atoms with Crippen LogP contribution in [0.1, 0.15) is 24.0 Å². The Kier molecular flexibility index (Phi) is 3.96. The zero-order valence-electron chi connectivity index (χ0n) is 10.1. The molecule has 2 rings (SSSR count). The molecule has 0 radical (unpaired) electrons. The number of nitrogens with zero attached hydrogens (tertiary/aromatic N) is 1. The Labute approximate surface area is 109 Å². The summed E-state index contributed by atoms with van der Waals surface area (Å²) in [4.78, 5) is 0. The summed E-state index contributed by atoms with van der Waals surface area (Å²) in [6, 6.07) is 5.38. The highest BCUT2D eigenvalue weighted by Crippen LogP contribution is 2.33. The second kappa shape index (κ2) is 5.49. The largest absolute Gasteiger partial charge is 0.417 e. The van der Waals surface area contributed by atoms with Gasteiger partial charge in [-0.1, -0.05) is 0 Å². The molecule has 0 aliphatic carbocycles. The van der Waals surface area contributed by atoms with Gasteiger partial charge in [-0.05, 0) is 31.0 Å². The average Bonchev–Trinajstić information content (AvgIpc) is 2.39. The lowest BCUT2D eigenvalue weighted by Gasteiger charge is -2.24. The van der Waals surface area contributed by atoms with Crippen LogP contribution in [0.25, 0.3) is 0 Å². The predicted octanol–water partition coefficient (Wildman–Crippen LogP) is 3.17. The van der Waals surface area contributed by atoms with Gasteiger partial charge in [-0.25, -0.2) is 0 Å². The highest BCUT2D eigenvalue weighted by atomic mass is 19.4. The minimum atomic E-state index is -4.52. The summed E-state index contributed by atoms with van der Waals surface area (Å²) in [5.74, 6) is 0. The molecule has 1 heterocycles. The maximum atomic E-state index is 12.8. The van der Waals surface area contributed by atoms with E-state index in [-0.39, 0.29) is 11.6 Å². The number of hydrogen-bond donors (Lipinski definition) is 1. The van der Waals surface area contributed by atoms with Crippen molar-refractivity contribution in [3.63, 3.8) is 0 Å². The van der Waals surface area contributed by atoms with Crippen molar-refractivity contribution >= 4 is 5.69 Å². The van der Waals surface area contributed by atoms with Crippen molar-refractivity contribution in [3.8, 4) is 6.07 Å². The highest BCUT2D eigenvalue weighted by Gasteiger charge is 2.34. The smallest absolute Gasteiger partial charge is 0.382 e. The molecule has 1 aromatic carbocycles. The maximum absolute atomic E-state index is 12.8. The van der Waals surface area contributed by atoms with Gasteiger partial charge in [0, 0.05) is 24.9 Å². The van der Waals surface area contributed by atoms with E-state index in [0.717, 1.165) is 18.9 Å². The minimum absolute atomic E-state index is 0.114. The molecule has 0 aromatic heterocycles. The van der Waals surface area contributed by atoms with Crippen LogP contribution in [0.15, 0.2) is 18.2 Å². The van der Waals surface area contributed by atoms with Crippen molar-refractivity contribution in [2.24, 2.45) is 0 Å². The van der Waals surface area contributed by atoms with Gasteiger partial charge in [0.25, 0.3) is 0 Å². The van der Waals surface area contributed by atoms with Crippen molar-refractivity contribution in [1.82, 2.24) is 0 Å². The molecule has 0 amide bonds. The van der Waals surface area contributed by atoms with E-state index in [1.54, 1.807) is 6.07 Å². The maximum Gasteiger partial charge on any atom is 0.417 e. The van der Waals surface area contributed by atoms with Crippen LogP contribution in [-0.2, 0) is 10.9 Å². The fourth-order valence-corrected chi connectivity index (χ4v) is 2.04. The summed E-state index contributed by atoms with van der Waals surface area (Å²) < 4.78 is 43.6. The van der Waals surface area contributed by atoms with Gasteiger partial charge in [-0.3, -0.25) is 0 Å². The Hall–Kier alpha value is -1.74. The lowest BCUT2D eigenvalue weighted by atomic mass is 10.1. The van der Waals surface area contributed by atoms with Gasteiger partial charge in [0.2, 0.25) is 0 Å². The summed E-state index contributed by atoms with van der Waals surface area (Å²) in [6.07, 6.45) is -2.98. The number of alkyl halides is 3. The number of rotatable bonds is 2. The summed E-state index contributed by atoms with van der Waals surface area (Å²) in [6.45, 7) is 1.22. The molecular weight excluding hydrogens is 257 g/mol. The number of hydrogen-bond acceptors (Lipinski definition) is 3. The first-order valence-corrected chi connectivity index (χ1v) is 5.96. The lowest BCUT2D eigenvalue weighted by Crippen LogP contribution is -2.28. The van der Waals surface area contributed by atoms with Crippen LogP contribution < -0.4 is 5.32 Å². The number of nitrogens with one attached hydrogen (secondary N) is 1. The molecule has 3 nitrogen and oxygen atoms in total. The second-order valence-corrected chi connectivity index (χ2v) is 4.40. The third-order valence-electron chi connectivity index (χ3n) is 3.04. The average molecular weight is 270 g/mol. The van der Waals surface area contributed by atoms with E-state index in [1.165, 1.54) is 12.1 Å². The molecular formula is C13H13F3N2O. The molecule has 19 heavy (non-hydrogen) atoms. The fourth-order valence-electron chi connectivity index (χ4n) is 2.04. The summed E-state index contributed by atoms with van der Waals surface area (Å²) in [5, 5.41) is 11.8. The van der Waals surface area contributed by atoms with Gasteiger partial charge in [0.1, 0.15) is 0 Å². The van der Waals surface area contributed by atoms with E-state index in [1.807, 2.05) is 0 Å². The molecule has 1 N–H and O–H groups in total. The first kappa shape index (κ1) is 13.7. The molecule has 1 aromatic rings. The van der Waals surface area contributed by atoms with Crippen molar-refractivity contribution in [2.75, 3.05) is 18.5 Å². The van der Waals surface area contributed by atoms with E-state index >= 15 is 0 Å². The SMILES string of the molecule is N#Cc1ccc(NC2CCOCC2)cc1C(F)(F)F. The number of ether oxygens (including phenoxy) is 1. The Balaban J connectivity index is 2.20. The van der Waals surface area contributed by atoms with Gasteiger partial charge in [0.15, 0.2) is 0 Å². The Morgan fingerprint density at radius 3 is 2.53 bits per heavy atom. The zero-order chi connectivity index (χ0) is 13.9. The van der Waals surface area contributed by atoms with Crippen molar-refractivity contribution in [3.05, 3.63) is 29.3 Å². The van der Waals surface area contributed by atoms with E-state index in [4.69, 9.17) is 10.00 Å². The van der Waals surface area contributed by atoms with Crippen molar-refractivity contribution in [1.29, 1.82) is 5.26 Å². The van der Waals surface area contributed by atoms with E-state index < -0.39 is 11.7 Å². The number of anilines is 1. The lowest BCUT2D eigenvalue weighted by molar-refractivity contribution is -0.137. The molecule has 0 spiro atoms. The first-order chi connectivity index (χ1) is 9.00. The summed E-state index contributed by atoms with van der Waals surface area (Å²) >= 11 is 0. The second-order valence-electron chi connectivity index (χ2n) is 4.40. The molecule has 0 atom stereocenters. The topological polar surface area (TPSA) is 45.0 Å². The monoisotopic (exact) mass is 270 g/mol. The number of halogens is 3. The molecule has 1 aliphatic heterocycles. The number of benzene rings is 1. The van der Waals surface area contributed by atoms with Gasteiger partial charge in [-0.2, -0.15) is 18.4 Å². The number of nitriles is 1. The van der Waals surface area contributed by atoms with Gasteiger partial charge < -0.3 is 10.1 Å². The predicted molar refractivity (Wildman–Crippen MR) is 63.6 cm³/mol. The normalized spacial score (nSPS) is 16.9. The molecule has 0 saturated carbocycles. The van der Waals surface area contributed by atoms with Crippen LogP contribution in [-0.4, -0.2) is 19.3 Å². The van der Waals surface area contributed by atoms with Crippen LogP contribution in [0, 0.1) is 11.3 Å². The van der Waals surface area contributed by atoms with Crippen LogP contribution in [0.5, 0.6) is 0 Å². The third-order valence-corrected chi connectivity index (χ3v) is 3.04. The fraction of sp³-hybridized carbons (Fsp3) is 0.462. The Morgan fingerprint density at radius 2 is 1.95 bits per heavy atom. The van der Waals surface area contributed by atoms with Gasteiger partial charge >= 0.3 is 6.18 Å². The molecule has 102 valence electrons. The molecule has 1 fully saturated rings. The summed E-state index contributed by atoms with van der Waals surface area (Å²) in [7, 11) is 0. The van der Waals surface area contributed by atoms with E-state index in [2.05, 4.69) is 5.32 Å². The third kappa shape index (κ3) is 3.38. The Morgan fingerprint density at radius 1 is 1.26 bits per heavy atom. The van der Waals surface area contributed by atoms with Gasteiger partial charge in [0.05, 0.1) is 17.2 Å². The van der Waals surface area contributed by atoms with Crippen molar-refractivity contribution in [2.45, 2.75) is 25.1 Å². The van der Waals surface area contributed by atoms with Crippen LogP contribution in [0.4, 0.5) is 18.9 Å². The molecule has 1 saturated heterocycles. The molecule has 1 aliphatic rings. The Bertz CT molecular complexity index is 488. The quantitative estimate of drug-likeness (QED) is 0.897. The van der Waals surface area contributed by atoms with Crippen LogP contribution >= 0.6 is 0 Å². The summed E-state index contributed by atoms with van der Waals surface area (Å²) in [5.41, 5.74) is -0.865.